The van der Waals surface area contributed by atoms with Gasteiger partial charge in [-0.3, -0.25) is 0 Å². The molecule has 0 aromatic heterocycles. The summed E-state index contributed by atoms with van der Waals surface area (Å²) >= 11 is 2.03. The summed E-state index contributed by atoms with van der Waals surface area (Å²) in [7, 11) is 0. The lowest BCUT2D eigenvalue weighted by Crippen LogP contribution is -2.21. The van der Waals surface area contributed by atoms with Crippen molar-refractivity contribution in [1.29, 1.82) is 0 Å². The van der Waals surface area contributed by atoms with E-state index in [4.69, 9.17) is 0 Å². The van der Waals surface area contributed by atoms with Crippen LogP contribution < -0.4 is 0 Å². The van der Waals surface area contributed by atoms with Crippen molar-refractivity contribution in [3.8, 4) is 11.8 Å². The van der Waals surface area contributed by atoms with Gasteiger partial charge in [-0.25, -0.2) is 0 Å². The minimum absolute atomic E-state index is 0.179. The van der Waals surface area contributed by atoms with Gasteiger partial charge in [-0.2, -0.15) is 11.8 Å². The second-order valence-electron chi connectivity index (χ2n) is 4.81. The van der Waals surface area contributed by atoms with E-state index < -0.39 is 0 Å². The van der Waals surface area contributed by atoms with Gasteiger partial charge in [0.1, 0.15) is 0 Å². The number of hydrogen-bond donors (Lipinski definition) is 0. The van der Waals surface area contributed by atoms with E-state index in [1.54, 1.807) is 0 Å². The Morgan fingerprint density at radius 1 is 1.17 bits per heavy atom. The van der Waals surface area contributed by atoms with E-state index in [2.05, 4.69) is 46.5 Å². The summed E-state index contributed by atoms with van der Waals surface area (Å²) in [4.78, 5) is 0. The highest BCUT2D eigenvalue weighted by molar-refractivity contribution is 7.99. The average molecular weight is 182 g/mol. The number of rotatable bonds is 0. The molecular formula is C11H18S. The van der Waals surface area contributed by atoms with Crippen LogP contribution in [0.1, 0.15) is 34.6 Å². The molecule has 1 unspecified atom stereocenters. The molecule has 1 heterocycles. The zero-order valence-corrected chi connectivity index (χ0v) is 9.51. The average Bonchev–Trinajstić information content (AvgIpc) is 2.03. The van der Waals surface area contributed by atoms with Crippen LogP contribution in [-0.4, -0.2) is 11.0 Å². The molecule has 0 saturated carbocycles. The summed E-state index contributed by atoms with van der Waals surface area (Å²) < 4.78 is 0. The van der Waals surface area contributed by atoms with Crippen molar-refractivity contribution < 1.29 is 0 Å². The minimum Gasteiger partial charge on any atom is -0.156 e. The number of hydrogen-bond acceptors (Lipinski definition) is 1. The molecular weight excluding hydrogens is 164 g/mol. The molecule has 68 valence electrons. The fourth-order valence-electron chi connectivity index (χ4n) is 1.01. The maximum Gasteiger partial charge on any atom is 0.0374 e. The Kier molecular flexibility index (Phi) is 2.50. The lowest BCUT2D eigenvalue weighted by Gasteiger charge is -2.24. The van der Waals surface area contributed by atoms with Gasteiger partial charge in [0.25, 0.3) is 0 Å². The Morgan fingerprint density at radius 2 is 1.75 bits per heavy atom. The Labute approximate surface area is 80.5 Å². The third-order valence-electron chi connectivity index (χ3n) is 2.43. The van der Waals surface area contributed by atoms with Crippen molar-refractivity contribution in [1.82, 2.24) is 0 Å². The van der Waals surface area contributed by atoms with Crippen molar-refractivity contribution in [3.63, 3.8) is 0 Å². The minimum atomic E-state index is 0.179. The van der Waals surface area contributed by atoms with Gasteiger partial charge >= 0.3 is 0 Å². The zero-order chi connectivity index (χ0) is 9.41. The molecule has 1 aliphatic rings. The molecule has 0 N–H and O–H groups in total. The van der Waals surface area contributed by atoms with Crippen LogP contribution in [0, 0.1) is 22.7 Å². The Morgan fingerprint density at radius 3 is 2.33 bits per heavy atom. The first-order chi connectivity index (χ1) is 5.33. The Balaban J connectivity index is 2.89. The Bertz CT molecular complexity index is 227. The summed E-state index contributed by atoms with van der Waals surface area (Å²) in [5, 5.41) is 0.645. The topological polar surface area (TPSA) is 0 Å². The van der Waals surface area contributed by atoms with E-state index in [1.807, 2.05) is 11.8 Å². The highest BCUT2D eigenvalue weighted by atomic mass is 32.2. The predicted molar refractivity (Wildman–Crippen MR) is 57.3 cm³/mol. The first-order valence-electron chi connectivity index (χ1n) is 4.49. The highest BCUT2D eigenvalue weighted by Gasteiger charge is 2.29. The quantitative estimate of drug-likeness (QED) is 0.518. The van der Waals surface area contributed by atoms with Crippen LogP contribution >= 0.6 is 11.8 Å². The fourth-order valence-corrected chi connectivity index (χ4v) is 2.22. The van der Waals surface area contributed by atoms with Gasteiger partial charge in [-0.05, 0) is 27.7 Å². The van der Waals surface area contributed by atoms with E-state index in [1.165, 1.54) is 0 Å². The van der Waals surface area contributed by atoms with E-state index >= 15 is 0 Å². The summed E-state index contributed by atoms with van der Waals surface area (Å²) in [6, 6.07) is 0. The van der Waals surface area contributed by atoms with E-state index in [-0.39, 0.29) is 10.8 Å². The lowest BCUT2D eigenvalue weighted by atomic mass is 9.88. The van der Waals surface area contributed by atoms with Crippen LogP contribution in [-0.2, 0) is 0 Å². The largest absolute Gasteiger partial charge is 0.156 e. The molecule has 0 fully saturated rings. The summed E-state index contributed by atoms with van der Waals surface area (Å²) in [5.41, 5.74) is 0.380. The standard InChI is InChI=1S/C11H18S/c1-9-11(4,5)7-6-10(2,3)8-12-9/h9H,8H2,1-5H3. The normalized spacial score (nSPS) is 31.6. The van der Waals surface area contributed by atoms with Gasteiger partial charge in [0, 0.05) is 21.8 Å². The molecule has 0 bridgehead atoms. The first kappa shape index (κ1) is 9.99. The summed E-state index contributed by atoms with van der Waals surface area (Å²) in [6.07, 6.45) is 0. The van der Waals surface area contributed by atoms with Crippen LogP contribution in [0.25, 0.3) is 0 Å². The molecule has 1 rings (SSSR count). The molecule has 0 aliphatic carbocycles. The summed E-state index contributed by atoms with van der Waals surface area (Å²) in [5.74, 6) is 7.92. The van der Waals surface area contributed by atoms with Crippen molar-refractivity contribution in [2.45, 2.75) is 39.9 Å². The van der Waals surface area contributed by atoms with E-state index in [9.17, 15) is 0 Å². The van der Waals surface area contributed by atoms with Crippen molar-refractivity contribution in [2.24, 2.45) is 10.8 Å². The van der Waals surface area contributed by atoms with Gasteiger partial charge in [0.2, 0.25) is 0 Å². The molecule has 0 amide bonds. The van der Waals surface area contributed by atoms with E-state index in [0.29, 0.717) is 5.25 Å². The van der Waals surface area contributed by atoms with Gasteiger partial charge < -0.3 is 0 Å². The van der Waals surface area contributed by atoms with Crippen LogP contribution in [0.15, 0.2) is 0 Å². The smallest absolute Gasteiger partial charge is 0.0374 e. The fraction of sp³-hybridized carbons (Fsp3) is 0.818. The van der Waals surface area contributed by atoms with Crippen LogP contribution in [0.3, 0.4) is 0 Å². The SMILES string of the molecule is CC1SCC(C)(C)C#CC1(C)C. The summed E-state index contributed by atoms with van der Waals surface area (Å²) in [6.45, 7) is 11.2. The molecule has 0 nitrogen and oxygen atoms in total. The van der Waals surface area contributed by atoms with Crippen molar-refractivity contribution in [3.05, 3.63) is 0 Å². The highest BCUT2D eigenvalue weighted by Crippen LogP contribution is 2.36. The molecule has 1 aliphatic heterocycles. The monoisotopic (exact) mass is 182 g/mol. The third kappa shape index (κ3) is 2.20. The second kappa shape index (κ2) is 3.00. The van der Waals surface area contributed by atoms with Crippen LogP contribution in [0.2, 0.25) is 0 Å². The molecule has 0 aromatic rings. The first-order valence-corrected chi connectivity index (χ1v) is 5.54. The maximum absolute atomic E-state index is 3.39. The second-order valence-corrected chi connectivity index (χ2v) is 6.14. The predicted octanol–water partition coefficient (Wildman–Crippen LogP) is 3.18. The van der Waals surface area contributed by atoms with Gasteiger partial charge in [0.15, 0.2) is 0 Å². The maximum atomic E-state index is 3.39. The molecule has 0 radical (unpaired) electrons. The molecule has 1 heteroatoms. The van der Waals surface area contributed by atoms with E-state index in [0.717, 1.165) is 5.75 Å². The number of thioether (sulfide) groups is 1. The lowest BCUT2D eigenvalue weighted by molar-refractivity contribution is 0.500. The molecule has 12 heavy (non-hydrogen) atoms. The van der Waals surface area contributed by atoms with Crippen LogP contribution in [0.5, 0.6) is 0 Å². The van der Waals surface area contributed by atoms with Gasteiger partial charge in [0.05, 0.1) is 0 Å². The zero-order valence-electron chi connectivity index (χ0n) is 8.69. The molecule has 1 atom stereocenters. The molecule has 0 aromatic carbocycles. The van der Waals surface area contributed by atoms with Gasteiger partial charge in [-0.15, -0.1) is 0 Å². The third-order valence-corrected chi connectivity index (χ3v) is 4.41. The van der Waals surface area contributed by atoms with Gasteiger partial charge in [-0.1, -0.05) is 18.8 Å². The van der Waals surface area contributed by atoms with Crippen LogP contribution in [0.4, 0.5) is 0 Å². The molecule has 0 saturated heterocycles. The van der Waals surface area contributed by atoms with Crippen molar-refractivity contribution >= 4 is 11.8 Å². The molecule has 0 spiro atoms. The Hall–Kier alpha value is -0.0900. The van der Waals surface area contributed by atoms with Crippen molar-refractivity contribution in [2.75, 3.05) is 5.75 Å².